The molecule has 1 aromatic heterocycles. The maximum absolute atomic E-state index is 11.5. The van der Waals surface area contributed by atoms with E-state index in [0.717, 1.165) is 24.6 Å². The van der Waals surface area contributed by atoms with E-state index in [1.54, 1.807) is 12.1 Å². The van der Waals surface area contributed by atoms with Crippen LogP contribution in [-0.4, -0.2) is 28.6 Å². The number of carboxylic acids is 1. The lowest BCUT2D eigenvalue weighted by molar-refractivity contribution is 0.0697. The van der Waals surface area contributed by atoms with Crippen LogP contribution in [0.2, 0.25) is 0 Å². The molecule has 2 heterocycles. The second kappa shape index (κ2) is 5.43. The van der Waals surface area contributed by atoms with Crippen LogP contribution in [0.3, 0.4) is 0 Å². The number of anilines is 1. The second-order valence-corrected chi connectivity index (χ2v) is 6.08. The van der Waals surface area contributed by atoms with Crippen molar-refractivity contribution in [1.29, 1.82) is 0 Å². The number of nitrogens with zero attached hydrogens (tertiary/aromatic N) is 2. The molecule has 1 aliphatic carbocycles. The zero-order chi connectivity index (χ0) is 14.1. The highest BCUT2D eigenvalue weighted by atomic mass is 16.4. The molecule has 1 saturated carbocycles. The lowest BCUT2D eigenvalue weighted by Gasteiger charge is -2.31. The summed E-state index contributed by atoms with van der Waals surface area (Å²) in [6.07, 6.45) is 7.55. The molecule has 1 aromatic rings. The minimum Gasteiger partial charge on any atom is -0.478 e. The molecule has 1 N–H and O–H groups in total. The van der Waals surface area contributed by atoms with E-state index in [2.05, 4.69) is 9.88 Å². The minimum atomic E-state index is -0.871. The van der Waals surface area contributed by atoms with Crippen molar-refractivity contribution in [3.63, 3.8) is 0 Å². The number of rotatable bonds is 3. The lowest BCUT2D eigenvalue weighted by Crippen LogP contribution is -2.36. The van der Waals surface area contributed by atoms with Crippen LogP contribution in [0.15, 0.2) is 12.1 Å². The van der Waals surface area contributed by atoms with Crippen molar-refractivity contribution >= 4 is 11.8 Å². The molecule has 0 radical (unpaired) electrons. The van der Waals surface area contributed by atoms with Crippen LogP contribution in [0, 0.1) is 12.8 Å². The van der Waals surface area contributed by atoms with Gasteiger partial charge in [-0.1, -0.05) is 12.8 Å². The fourth-order valence-corrected chi connectivity index (χ4v) is 3.82. The standard InChI is InChI=1S/C16H22N2O2/c1-11-8-9-13(16(19)20)15(17-11)18-10-4-7-14(18)12-5-2-3-6-12/h8-9,12,14H,2-7,10H2,1H3,(H,19,20). The van der Waals surface area contributed by atoms with E-state index in [1.165, 1.54) is 32.1 Å². The van der Waals surface area contributed by atoms with E-state index in [0.29, 0.717) is 17.4 Å². The van der Waals surface area contributed by atoms with Gasteiger partial charge in [0.2, 0.25) is 0 Å². The third kappa shape index (κ3) is 2.39. The minimum absolute atomic E-state index is 0.348. The Labute approximate surface area is 119 Å². The summed E-state index contributed by atoms with van der Waals surface area (Å²) in [5.74, 6) is 0.540. The summed E-state index contributed by atoms with van der Waals surface area (Å²) in [5, 5.41) is 9.40. The third-order valence-electron chi connectivity index (χ3n) is 4.76. The van der Waals surface area contributed by atoms with Gasteiger partial charge >= 0.3 is 5.97 Å². The van der Waals surface area contributed by atoms with Crippen LogP contribution in [0.25, 0.3) is 0 Å². The summed E-state index contributed by atoms with van der Waals surface area (Å²) >= 11 is 0. The number of carboxylic acid groups (broad SMARTS) is 1. The van der Waals surface area contributed by atoms with Gasteiger partial charge in [0.05, 0.1) is 0 Å². The highest BCUT2D eigenvalue weighted by Gasteiger charge is 2.35. The van der Waals surface area contributed by atoms with E-state index in [-0.39, 0.29) is 0 Å². The number of hydrogen-bond donors (Lipinski definition) is 1. The normalized spacial score (nSPS) is 23.4. The van der Waals surface area contributed by atoms with Gasteiger partial charge < -0.3 is 10.0 Å². The van der Waals surface area contributed by atoms with Crippen molar-refractivity contribution in [2.45, 2.75) is 51.5 Å². The predicted octanol–water partition coefficient (Wildman–Crippen LogP) is 3.25. The Hall–Kier alpha value is -1.58. The van der Waals surface area contributed by atoms with Crippen LogP contribution in [0.1, 0.15) is 54.6 Å². The van der Waals surface area contributed by atoms with Crippen molar-refractivity contribution < 1.29 is 9.90 Å². The van der Waals surface area contributed by atoms with E-state index >= 15 is 0 Å². The molecule has 20 heavy (non-hydrogen) atoms. The number of carbonyl (C=O) groups is 1. The highest BCUT2D eigenvalue weighted by Crippen LogP contribution is 2.38. The maximum Gasteiger partial charge on any atom is 0.339 e. The van der Waals surface area contributed by atoms with E-state index in [9.17, 15) is 9.90 Å². The van der Waals surface area contributed by atoms with Gasteiger partial charge in [0, 0.05) is 18.3 Å². The Morgan fingerprint density at radius 3 is 2.70 bits per heavy atom. The van der Waals surface area contributed by atoms with Gasteiger partial charge in [-0.25, -0.2) is 9.78 Å². The molecule has 0 amide bonds. The van der Waals surface area contributed by atoms with Crippen molar-refractivity contribution in [3.05, 3.63) is 23.4 Å². The molecule has 0 aromatic carbocycles. The topological polar surface area (TPSA) is 53.4 Å². The molecule has 1 saturated heterocycles. The van der Waals surface area contributed by atoms with E-state index < -0.39 is 5.97 Å². The van der Waals surface area contributed by atoms with Gasteiger partial charge in [0.15, 0.2) is 0 Å². The molecule has 1 unspecified atom stereocenters. The SMILES string of the molecule is Cc1ccc(C(=O)O)c(N2CCCC2C2CCCC2)n1. The van der Waals surface area contributed by atoms with Crippen LogP contribution in [0.4, 0.5) is 5.82 Å². The maximum atomic E-state index is 11.5. The van der Waals surface area contributed by atoms with Crippen LogP contribution in [-0.2, 0) is 0 Å². The van der Waals surface area contributed by atoms with Crippen molar-refractivity contribution in [3.8, 4) is 0 Å². The number of aromatic nitrogens is 1. The van der Waals surface area contributed by atoms with Gasteiger partial charge in [-0.3, -0.25) is 0 Å². The van der Waals surface area contributed by atoms with Gasteiger partial charge in [-0.05, 0) is 50.7 Å². The lowest BCUT2D eigenvalue weighted by atomic mass is 9.96. The molecule has 4 heteroatoms. The number of aromatic carboxylic acids is 1. The summed E-state index contributed by atoms with van der Waals surface area (Å²) in [5.41, 5.74) is 1.24. The Balaban J connectivity index is 1.94. The summed E-state index contributed by atoms with van der Waals surface area (Å²) in [4.78, 5) is 18.3. The third-order valence-corrected chi connectivity index (χ3v) is 4.76. The van der Waals surface area contributed by atoms with Crippen LogP contribution < -0.4 is 4.90 Å². The van der Waals surface area contributed by atoms with Crippen LogP contribution >= 0.6 is 0 Å². The molecule has 3 rings (SSSR count). The zero-order valence-corrected chi connectivity index (χ0v) is 12.0. The summed E-state index contributed by atoms with van der Waals surface area (Å²) in [6, 6.07) is 3.97. The summed E-state index contributed by atoms with van der Waals surface area (Å²) < 4.78 is 0. The quantitative estimate of drug-likeness (QED) is 0.919. The Morgan fingerprint density at radius 2 is 2.00 bits per heavy atom. The molecule has 108 valence electrons. The zero-order valence-electron chi connectivity index (χ0n) is 12.0. The van der Waals surface area contributed by atoms with Crippen molar-refractivity contribution in [2.24, 2.45) is 5.92 Å². The molecular formula is C16H22N2O2. The monoisotopic (exact) mass is 274 g/mol. The molecule has 1 aliphatic heterocycles. The molecule has 2 aliphatic rings. The summed E-state index contributed by atoms with van der Waals surface area (Å²) in [7, 11) is 0. The smallest absolute Gasteiger partial charge is 0.339 e. The first-order valence-electron chi connectivity index (χ1n) is 7.64. The second-order valence-electron chi connectivity index (χ2n) is 6.08. The molecule has 1 atom stereocenters. The van der Waals surface area contributed by atoms with E-state index in [4.69, 9.17) is 0 Å². The fraction of sp³-hybridized carbons (Fsp3) is 0.625. The molecule has 2 fully saturated rings. The highest BCUT2D eigenvalue weighted by molar-refractivity contribution is 5.93. The largest absolute Gasteiger partial charge is 0.478 e. The van der Waals surface area contributed by atoms with Gasteiger partial charge in [0.1, 0.15) is 11.4 Å². The molecule has 4 nitrogen and oxygen atoms in total. The average molecular weight is 274 g/mol. The Morgan fingerprint density at radius 1 is 1.25 bits per heavy atom. The van der Waals surface area contributed by atoms with Crippen molar-refractivity contribution in [1.82, 2.24) is 4.98 Å². The Kier molecular flexibility index (Phi) is 3.64. The molecule has 0 spiro atoms. The predicted molar refractivity (Wildman–Crippen MR) is 78.3 cm³/mol. The first kappa shape index (κ1) is 13.4. The number of pyridine rings is 1. The van der Waals surface area contributed by atoms with Crippen LogP contribution in [0.5, 0.6) is 0 Å². The molecular weight excluding hydrogens is 252 g/mol. The van der Waals surface area contributed by atoms with E-state index in [1.807, 2.05) is 6.92 Å². The fourth-order valence-electron chi connectivity index (χ4n) is 3.82. The number of aryl methyl sites for hydroxylation is 1. The molecule has 0 bridgehead atoms. The summed E-state index contributed by atoms with van der Waals surface area (Å²) in [6.45, 7) is 2.87. The Bertz CT molecular complexity index is 509. The average Bonchev–Trinajstić information content (AvgIpc) is 3.09. The first-order valence-corrected chi connectivity index (χ1v) is 7.64. The van der Waals surface area contributed by atoms with Gasteiger partial charge in [-0.2, -0.15) is 0 Å². The van der Waals surface area contributed by atoms with Gasteiger partial charge in [0.25, 0.3) is 0 Å². The number of hydrogen-bond acceptors (Lipinski definition) is 3. The van der Waals surface area contributed by atoms with Gasteiger partial charge in [-0.15, -0.1) is 0 Å². The first-order chi connectivity index (χ1) is 9.66. The van der Waals surface area contributed by atoms with Crippen molar-refractivity contribution in [2.75, 3.05) is 11.4 Å².